The Bertz CT molecular complexity index is 482. The van der Waals surface area contributed by atoms with E-state index in [-0.39, 0.29) is 5.41 Å². The minimum absolute atomic E-state index is 0.336. The Morgan fingerprint density at radius 1 is 1.29 bits per heavy atom. The zero-order chi connectivity index (χ0) is 14.9. The van der Waals surface area contributed by atoms with E-state index in [9.17, 15) is 4.79 Å². The van der Waals surface area contributed by atoms with Crippen molar-refractivity contribution in [2.24, 2.45) is 11.3 Å². The van der Waals surface area contributed by atoms with Crippen LogP contribution in [0.3, 0.4) is 0 Å². The summed E-state index contributed by atoms with van der Waals surface area (Å²) < 4.78 is 1.93. The molecule has 0 aromatic carbocycles. The molecule has 21 heavy (non-hydrogen) atoms. The Morgan fingerprint density at radius 3 is 2.62 bits per heavy atom. The van der Waals surface area contributed by atoms with E-state index in [1.54, 1.807) is 0 Å². The standard InChI is InChI=1S/C17H27N3O/c1-17(2,13-21)12-20-10-7-16(18-20)15-5-8-19(9-6-15)11-14-3-4-14/h7,10,13-15H,3-6,8-9,11-12H2,1-2H3. The molecule has 0 bridgehead atoms. The van der Waals surface area contributed by atoms with Crippen molar-refractivity contribution >= 4 is 6.29 Å². The summed E-state index contributed by atoms with van der Waals surface area (Å²) in [4.78, 5) is 13.6. The van der Waals surface area contributed by atoms with Crippen molar-refractivity contribution in [1.82, 2.24) is 14.7 Å². The minimum atomic E-state index is -0.336. The largest absolute Gasteiger partial charge is 0.303 e. The first-order chi connectivity index (χ1) is 10.1. The third-order valence-corrected chi connectivity index (χ3v) is 4.77. The van der Waals surface area contributed by atoms with Crippen molar-refractivity contribution in [3.05, 3.63) is 18.0 Å². The molecule has 2 heterocycles. The molecule has 1 aliphatic heterocycles. The summed E-state index contributed by atoms with van der Waals surface area (Å²) in [6, 6.07) is 2.14. The van der Waals surface area contributed by atoms with Gasteiger partial charge in [-0.2, -0.15) is 5.10 Å². The van der Waals surface area contributed by atoms with Crippen LogP contribution in [-0.4, -0.2) is 40.6 Å². The number of hydrogen-bond acceptors (Lipinski definition) is 3. The van der Waals surface area contributed by atoms with Gasteiger partial charge in [0.15, 0.2) is 0 Å². The molecule has 0 amide bonds. The molecule has 2 aliphatic rings. The highest BCUT2D eigenvalue weighted by atomic mass is 16.1. The van der Waals surface area contributed by atoms with Gasteiger partial charge in [0, 0.05) is 24.1 Å². The van der Waals surface area contributed by atoms with Crippen molar-refractivity contribution < 1.29 is 4.79 Å². The molecule has 0 unspecified atom stereocenters. The number of piperidine rings is 1. The number of aldehydes is 1. The Morgan fingerprint density at radius 2 is 2.00 bits per heavy atom. The van der Waals surface area contributed by atoms with Crippen molar-refractivity contribution in [2.45, 2.75) is 52.0 Å². The molecule has 1 aromatic heterocycles. The molecule has 4 heteroatoms. The number of carbonyl (C=O) groups is 1. The lowest BCUT2D eigenvalue weighted by atomic mass is 9.93. The van der Waals surface area contributed by atoms with Gasteiger partial charge in [-0.15, -0.1) is 0 Å². The van der Waals surface area contributed by atoms with Crippen LogP contribution in [0, 0.1) is 11.3 Å². The van der Waals surface area contributed by atoms with Crippen molar-refractivity contribution in [3.63, 3.8) is 0 Å². The lowest BCUT2D eigenvalue weighted by Crippen LogP contribution is -2.34. The highest BCUT2D eigenvalue weighted by Gasteiger charge is 2.28. The number of aromatic nitrogens is 2. The predicted molar refractivity (Wildman–Crippen MR) is 83.2 cm³/mol. The summed E-state index contributed by atoms with van der Waals surface area (Å²) in [6.45, 7) is 8.32. The number of carbonyl (C=O) groups excluding carboxylic acids is 1. The Kier molecular flexibility index (Phi) is 4.16. The first-order valence-electron chi connectivity index (χ1n) is 8.28. The van der Waals surface area contributed by atoms with Crippen LogP contribution in [0.5, 0.6) is 0 Å². The maximum Gasteiger partial charge on any atom is 0.127 e. The zero-order valence-corrected chi connectivity index (χ0v) is 13.3. The second-order valence-corrected chi connectivity index (χ2v) is 7.56. The molecule has 0 spiro atoms. The Balaban J connectivity index is 1.53. The zero-order valence-electron chi connectivity index (χ0n) is 13.3. The summed E-state index contributed by atoms with van der Waals surface area (Å²) in [5, 5.41) is 4.70. The average Bonchev–Trinajstić information content (AvgIpc) is 3.16. The van der Waals surface area contributed by atoms with E-state index >= 15 is 0 Å². The highest BCUT2D eigenvalue weighted by Crippen LogP contribution is 2.33. The third kappa shape index (κ3) is 3.94. The minimum Gasteiger partial charge on any atom is -0.303 e. The van der Waals surface area contributed by atoms with Gasteiger partial charge in [0.25, 0.3) is 0 Å². The van der Waals surface area contributed by atoms with E-state index < -0.39 is 0 Å². The SMILES string of the molecule is CC(C)(C=O)Cn1ccc(C2CCN(CC3CC3)CC2)n1. The van der Waals surface area contributed by atoms with Crippen LogP contribution in [0.25, 0.3) is 0 Å². The van der Waals surface area contributed by atoms with Gasteiger partial charge >= 0.3 is 0 Å². The Labute approximate surface area is 127 Å². The molecular formula is C17H27N3O. The van der Waals surface area contributed by atoms with Crippen LogP contribution in [-0.2, 0) is 11.3 Å². The van der Waals surface area contributed by atoms with E-state index in [1.165, 1.54) is 51.0 Å². The van der Waals surface area contributed by atoms with E-state index in [2.05, 4.69) is 11.0 Å². The first kappa shape index (κ1) is 14.8. The number of likely N-dealkylation sites (tertiary alicyclic amines) is 1. The van der Waals surface area contributed by atoms with Gasteiger partial charge < -0.3 is 9.69 Å². The summed E-state index contributed by atoms with van der Waals surface area (Å²) in [7, 11) is 0. The molecule has 0 N–H and O–H groups in total. The molecule has 3 rings (SSSR count). The monoisotopic (exact) mass is 289 g/mol. The molecule has 1 aromatic rings. The second-order valence-electron chi connectivity index (χ2n) is 7.56. The van der Waals surface area contributed by atoms with Crippen LogP contribution in [0.2, 0.25) is 0 Å². The molecule has 0 atom stereocenters. The molecular weight excluding hydrogens is 262 g/mol. The number of rotatable bonds is 6. The molecule has 116 valence electrons. The molecule has 1 saturated carbocycles. The third-order valence-electron chi connectivity index (χ3n) is 4.77. The summed E-state index contributed by atoms with van der Waals surface area (Å²) in [5.74, 6) is 1.59. The smallest absolute Gasteiger partial charge is 0.127 e. The molecule has 4 nitrogen and oxygen atoms in total. The number of hydrogen-bond donors (Lipinski definition) is 0. The van der Waals surface area contributed by atoms with Crippen LogP contribution in [0.15, 0.2) is 12.3 Å². The quantitative estimate of drug-likeness (QED) is 0.756. The van der Waals surface area contributed by atoms with E-state index in [1.807, 2.05) is 24.7 Å². The highest BCUT2D eigenvalue weighted by molar-refractivity contribution is 5.57. The van der Waals surface area contributed by atoms with Gasteiger partial charge in [0.2, 0.25) is 0 Å². The topological polar surface area (TPSA) is 38.1 Å². The average molecular weight is 289 g/mol. The van der Waals surface area contributed by atoms with Gasteiger partial charge in [-0.05, 0) is 50.8 Å². The Hall–Kier alpha value is -1.16. The van der Waals surface area contributed by atoms with Crippen LogP contribution in [0.1, 0.15) is 51.1 Å². The molecule has 1 saturated heterocycles. The summed E-state index contributed by atoms with van der Waals surface area (Å²) in [5.41, 5.74) is 0.875. The lowest BCUT2D eigenvalue weighted by Gasteiger charge is -2.31. The van der Waals surface area contributed by atoms with Crippen molar-refractivity contribution in [3.8, 4) is 0 Å². The molecule has 2 fully saturated rings. The fraction of sp³-hybridized carbons (Fsp3) is 0.765. The lowest BCUT2D eigenvalue weighted by molar-refractivity contribution is -0.115. The first-order valence-corrected chi connectivity index (χ1v) is 8.28. The molecule has 0 radical (unpaired) electrons. The fourth-order valence-corrected chi connectivity index (χ4v) is 3.21. The van der Waals surface area contributed by atoms with Crippen molar-refractivity contribution in [1.29, 1.82) is 0 Å². The van der Waals surface area contributed by atoms with E-state index in [4.69, 9.17) is 5.10 Å². The predicted octanol–water partition coefficient (Wildman–Crippen LogP) is 2.70. The second kappa shape index (κ2) is 5.91. The van der Waals surface area contributed by atoms with Gasteiger partial charge in [-0.1, -0.05) is 13.8 Å². The van der Waals surface area contributed by atoms with Gasteiger partial charge in [0.1, 0.15) is 6.29 Å². The van der Waals surface area contributed by atoms with Gasteiger partial charge in [0.05, 0.1) is 12.2 Å². The maximum absolute atomic E-state index is 11.0. The van der Waals surface area contributed by atoms with E-state index in [0.717, 1.165) is 12.2 Å². The normalized spacial score (nSPS) is 21.6. The van der Waals surface area contributed by atoms with Crippen molar-refractivity contribution in [2.75, 3.05) is 19.6 Å². The van der Waals surface area contributed by atoms with Gasteiger partial charge in [-0.25, -0.2) is 0 Å². The molecule has 1 aliphatic carbocycles. The van der Waals surface area contributed by atoms with E-state index in [0.29, 0.717) is 12.5 Å². The van der Waals surface area contributed by atoms with Crippen LogP contribution < -0.4 is 0 Å². The van der Waals surface area contributed by atoms with Crippen LogP contribution in [0.4, 0.5) is 0 Å². The fourth-order valence-electron chi connectivity index (χ4n) is 3.21. The maximum atomic E-state index is 11.0. The van der Waals surface area contributed by atoms with Crippen LogP contribution >= 0.6 is 0 Å². The summed E-state index contributed by atoms with van der Waals surface area (Å²) >= 11 is 0. The number of nitrogens with zero attached hydrogens (tertiary/aromatic N) is 3. The summed E-state index contributed by atoms with van der Waals surface area (Å²) in [6.07, 6.45) is 8.37. The van der Waals surface area contributed by atoms with Gasteiger partial charge in [-0.3, -0.25) is 4.68 Å².